The van der Waals surface area contributed by atoms with Crippen LogP contribution in [-0.2, 0) is 0 Å². The number of hydrogen-bond acceptors (Lipinski definition) is 2. The summed E-state index contributed by atoms with van der Waals surface area (Å²) in [5.41, 5.74) is 7.06. The van der Waals surface area contributed by atoms with Crippen LogP contribution in [0, 0.1) is 5.41 Å². The summed E-state index contributed by atoms with van der Waals surface area (Å²) in [5, 5.41) is 10.0. The van der Waals surface area contributed by atoms with Crippen molar-refractivity contribution < 1.29 is 5.11 Å². The third-order valence-electron chi connectivity index (χ3n) is 2.16. The predicted octanol–water partition coefficient (Wildman–Crippen LogP) is 3.11. The molecule has 0 saturated carbocycles. The largest absolute Gasteiger partial charge is 0.398 e. The third kappa shape index (κ3) is 2.49. The van der Waals surface area contributed by atoms with Crippen LogP contribution in [0.3, 0.4) is 0 Å². The SMILES string of the molecule is CC(C)(C)C(O)c1ccc(Br)cc1N. The molecule has 0 saturated heterocycles. The zero-order valence-corrected chi connectivity index (χ0v) is 10.3. The molecule has 0 fully saturated rings. The molecule has 0 radical (unpaired) electrons. The molecular weight excluding hydrogens is 242 g/mol. The number of benzene rings is 1. The van der Waals surface area contributed by atoms with E-state index in [-0.39, 0.29) is 5.41 Å². The second kappa shape index (κ2) is 3.91. The Morgan fingerprint density at radius 1 is 1.36 bits per heavy atom. The Bertz CT molecular complexity index is 331. The van der Waals surface area contributed by atoms with Crippen molar-refractivity contribution in [2.45, 2.75) is 26.9 Å². The van der Waals surface area contributed by atoms with Gasteiger partial charge in [-0.25, -0.2) is 0 Å². The van der Waals surface area contributed by atoms with E-state index in [0.717, 1.165) is 10.0 Å². The van der Waals surface area contributed by atoms with Crippen molar-refractivity contribution in [3.05, 3.63) is 28.2 Å². The minimum Gasteiger partial charge on any atom is -0.398 e. The number of rotatable bonds is 1. The van der Waals surface area contributed by atoms with Crippen LogP contribution in [0.15, 0.2) is 22.7 Å². The Hall–Kier alpha value is -0.540. The number of aliphatic hydroxyl groups excluding tert-OH is 1. The van der Waals surface area contributed by atoms with Gasteiger partial charge in [-0.2, -0.15) is 0 Å². The smallest absolute Gasteiger partial charge is 0.0858 e. The molecule has 0 aromatic heterocycles. The molecule has 14 heavy (non-hydrogen) atoms. The van der Waals surface area contributed by atoms with Gasteiger partial charge in [0.1, 0.15) is 0 Å². The number of aliphatic hydroxyl groups is 1. The van der Waals surface area contributed by atoms with Crippen LogP contribution in [0.5, 0.6) is 0 Å². The summed E-state index contributed by atoms with van der Waals surface area (Å²) >= 11 is 3.33. The standard InChI is InChI=1S/C11H16BrNO/c1-11(2,3)10(14)8-5-4-7(12)6-9(8)13/h4-6,10,14H,13H2,1-3H3. The van der Waals surface area contributed by atoms with E-state index < -0.39 is 6.10 Å². The topological polar surface area (TPSA) is 46.2 Å². The van der Waals surface area contributed by atoms with Gasteiger partial charge in [0.15, 0.2) is 0 Å². The van der Waals surface area contributed by atoms with Crippen LogP contribution in [0.4, 0.5) is 5.69 Å². The molecule has 0 spiro atoms. The highest BCUT2D eigenvalue weighted by atomic mass is 79.9. The number of nitrogen functional groups attached to an aromatic ring is 1. The monoisotopic (exact) mass is 257 g/mol. The van der Waals surface area contributed by atoms with Crippen molar-refractivity contribution in [3.63, 3.8) is 0 Å². The first kappa shape index (κ1) is 11.5. The van der Waals surface area contributed by atoms with E-state index in [1.165, 1.54) is 0 Å². The molecule has 2 nitrogen and oxygen atoms in total. The average Bonchev–Trinajstić information content (AvgIpc) is 2.01. The quantitative estimate of drug-likeness (QED) is 0.760. The van der Waals surface area contributed by atoms with Gasteiger partial charge in [-0.15, -0.1) is 0 Å². The van der Waals surface area contributed by atoms with Gasteiger partial charge in [-0.3, -0.25) is 0 Å². The maximum atomic E-state index is 10.0. The first-order valence-corrected chi connectivity index (χ1v) is 5.34. The molecule has 1 atom stereocenters. The van der Waals surface area contributed by atoms with Gasteiger partial charge in [-0.1, -0.05) is 42.8 Å². The first-order valence-electron chi connectivity index (χ1n) is 4.55. The third-order valence-corrected chi connectivity index (χ3v) is 2.66. The van der Waals surface area contributed by atoms with E-state index in [1.54, 1.807) is 0 Å². The highest BCUT2D eigenvalue weighted by Gasteiger charge is 2.25. The van der Waals surface area contributed by atoms with Gasteiger partial charge in [0, 0.05) is 15.7 Å². The maximum absolute atomic E-state index is 10.0. The summed E-state index contributed by atoms with van der Waals surface area (Å²) in [6.07, 6.45) is -0.532. The zero-order valence-electron chi connectivity index (χ0n) is 8.71. The molecule has 1 rings (SSSR count). The summed E-state index contributed by atoms with van der Waals surface area (Å²) < 4.78 is 0.930. The Morgan fingerprint density at radius 3 is 2.36 bits per heavy atom. The second-order valence-electron chi connectivity index (χ2n) is 4.54. The fourth-order valence-electron chi connectivity index (χ4n) is 1.26. The lowest BCUT2D eigenvalue weighted by molar-refractivity contribution is 0.0633. The van der Waals surface area contributed by atoms with Crippen molar-refractivity contribution in [2.24, 2.45) is 5.41 Å². The molecule has 1 aromatic rings. The van der Waals surface area contributed by atoms with Crippen LogP contribution < -0.4 is 5.73 Å². The molecule has 78 valence electrons. The summed E-state index contributed by atoms with van der Waals surface area (Å²) in [6, 6.07) is 5.56. The normalized spacial score (nSPS) is 14.1. The van der Waals surface area contributed by atoms with Crippen LogP contribution in [0.25, 0.3) is 0 Å². The Balaban J connectivity index is 3.08. The van der Waals surface area contributed by atoms with Gasteiger partial charge in [0.25, 0.3) is 0 Å². The Kier molecular flexibility index (Phi) is 3.22. The van der Waals surface area contributed by atoms with E-state index in [9.17, 15) is 5.11 Å². The number of anilines is 1. The van der Waals surface area contributed by atoms with Gasteiger partial charge in [0.2, 0.25) is 0 Å². The van der Waals surface area contributed by atoms with Crippen molar-refractivity contribution in [3.8, 4) is 0 Å². The van der Waals surface area contributed by atoms with Crippen molar-refractivity contribution in [2.75, 3.05) is 5.73 Å². The highest BCUT2D eigenvalue weighted by Crippen LogP contribution is 2.36. The summed E-state index contributed by atoms with van der Waals surface area (Å²) in [4.78, 5) is 0. The first-order chi connectivity index (χ1) is 6.32. The highest BCUT2D eigenvalue weighted by molar-refractivity contribution is 9.10. The maximum Gasteiger partial charge on any atom is 0.0858 e. The van der Waals surface area contributed by atoms with Crippen molar-refractivity contribution in [1.82, 2.24) is 0 Å². The predicted molar refractivity (Wildman–Crippen MR) is 63.0 cm³/mol. The van der Waals surface area contributed by atoms with E-state index in [0.29, 0.717) is 5.69 Å². The van der Waals surface area contributed by atoms with Crippen LogP contribution in [-0.4, -0.2) is 5.11 Å². The zero-order chi connectivity index (χ0) is 10.9. The molecule has 0 amide bonds. The number of halogens is 1. The summed E-state index contributed by atoms with van der Waals surface area (Å²) in [6.45, 7) is 5.96. The fourth-order valence-corrected chi connectivity index (χ4v) is 1.64. The Morgan fingerprint density at radius 2 is 1.93 bits per heavy atom. The molecule has 1 unspecified atom stereocenters. The molecule has 3 heteroatoms. The van der Waals surface area contributed by atoms with Gasteiger partial charge >= 0.3 is 0 Å². The van der Waals surface area contributed by atoms with Gasteiger partial charge in [-0.05, 0) is 17.5 Å². The van der Waals surface area contributed by atoms with E-state index in [2.05, 4.69) is 15.9 Å². The molecule has 3 N–H and O–H groups in total. The lowest BCUT2D eigenvalue weighted by atomic mass is 9.84. The van der Waals surface area contributed by atoms with Crippen LogP contribution in [0.1, 0.15) is 32.4 Å². The minimum atomic E-state index is -0.532. The second-order valence-corrected chi connectivity index (χ2v) is 5.46. The molecule has 0 aliphatic rings. The molecule has 0 aliphatic heterocycles. The van der Waals surface area contributed by atoms with Crippen molar-refractivity contribution >= 4 is 21.6 Å². The van der Waals surface area contributed by atoms with Crippen LogP contribution >= 0.6 is 15.9 Å². The van der Waals surface area contributed by atoms with E-state index in [4.69, 9.17) is 5.73 Å². The van der Waals surface area contributed by atoms with Gasteiger partial charge in [0.05, 0.1) is 6.10 Å². The van der Waals surface area contributed by atoms with Crippen LogP contribution in [0.2, 0.25) is 0 Å². The Labute approximate surface area is 93.3 Å². The molecule has 0 aliphatic carbocycles. The molecule has 0 heterocycles. The van der Waals surface area contributed by atoms with E-state index >= 15 is 0 Å². The van der Waals surface area contributed by atoms with Crippen molar-refractivity contribution in [1.29, 1.82) is 0 Å². The van der Waals surface area contributed by atoms with Gasteiger partial charge < -0.3 is 10.8 Å². The fraction of sp³-hybridized carbons (Fsp3) is 0.455. The minimum absolute atomic E-state index is 0.193. The number of nitrogens with two attached hydrogens (primary N) is 1. The summed E-state index contributed by atoms with van der Waals surface area (Å²) in [5.74, 6) is 0. The molecule has 1 aromatic carbocycles. The summed E-state index contributed by atoms with van der Waals surface area (Å²) in [7, 11) is 0. The average molecular weight is 258 g/mol. The lowest BCUT2D eigenvalue weighted by Gasteiger charge is -2.27. The van der Waals surface area contributed by atoms with E-state index in [1.807, 2.05) is 39.0 Å². The number of hydrogen-bond donors (Lipinski definition) is 2. The lowest BCUT2D eigenvalue weighted by Crippen LogP contribution is -2.18. The molecule has 0 bridgehead atoms. The molecular formula is C11H16BrNO.